The lowest BCUT2D eigenvalue weighted by Crippen LogP contribution is -2.01. The largest absolute Gasteiger partial charge is 0.497 e. The standard InChI is InChI=1S/C34H31NO3/c1-36-27-12-4-22(5-13-27)20-25-10-18-30-32(24-8-16-29(38-3)17-9-24)31-19-11-26(34(31)35-33(25)30)21-23-6-14-28(37-2)15-7-23/h4-9,12-17,20-21H,10-11,18-19H2,1-3H3/b25-20+,26-21+. The van der Waals surface area contributed by atoms with E-state index in [9.17, 15) is 0 Å². The van der Waals surface area contributed by atoms with Crippen molar-refractivity contribution in [2.75, 3.05) is 21.3 Å². The van der Waals surface area contributed by atoms with Crippen molar-refractivity contribution in [1.29, 1.82) is 0 Å². The van der Waals surface area contributed by atoms with Gasteiger partial charge in [0.2, 0.25) is 0 Å². The summed E-state index contributed by atoms with van der Waals surface area (Å²) in [6.45, 7) is 0. The topological polar surface area (TPSA) is 40.6 Å². The second-order valence-corrected chi connectivity index (χ2v) is 9.76. The minimum absolute atomic E-state index is 0.866. The molecule has 0 aliphatic heterocycles. The lowest BCUT2D eigenvalue weighted by molar-refractivity contribution is 0.414. The Morgan fingerprint density at radius 1 is 0.526 bits per heavy atom. The molecule has 0 N–H and O–H groups in total. The molecule has 1 heterocycles. The summed E-state index contributed by atoms with van der Waals surface area (Å²) >= 11 is 0. The maximum Gasteiger partial charge on any atom is 0.118 e. The van der Waals surface area contributed by atoms with E-state index in [1.165, 1.54) is 33.4 Å². The third kappa shape index (κ3) is 4.47. The number of fused-ring (bicyclic) bond motifs is 2. The number of pyridine rings is 1. The first-order chi connectivity index (χ1) is 18.7. The van der Waals surface area contributed by atoms with E-state index in [4.69, 9.17) is 19.2 Å². The van der Waals surface area contributed by atoms with Crippen molar-refractivity contribution in [1.82, 2.24) is 4.98 Å². The molecule has 0 unspecified atom stereocenters. The van der Waals surface area contributed by atoms with Crippen LogP contribution in [0.2, 0.25) is 0 Å². The molecule has 0 spiro atoms. The number of hydrogen-bond donors (Lipinski definition) is 0. The van der Waals surface area contributed by atoms with Crippen LogP contribution in [-0.4, -0.2) is 26.3 Å². The lowest BCUT2D eigenvalue weighted by Gasteiger charge is -2.15. The number of benzene rings is 3. The van der Waals surface area contributed by atoms with E-state index in [1.54, 1.807) is 21.3 Å². The highest BCUT2D eigenvalue weighted by atomic mass is 16.5. The Balaban J connectivity index is 1.49. The minimum atomic E-state index is 0.866. The van der Waals surface area contributed by atoms with Crippen LogP contribution in [-0.2, 0) is 12.8 Å². The first-order valence-electron chi connectivity index (χ1n) is 13.1. The fourth-order valence-electron chi connectivity index (χ4n) is 5.63. The van der Waals surface area contributed by atoms with Crippen molar-refractivity contribution in [3.63, 3.8) is 0 Å². The van der Waals surface area contributed by atoms with Crippen LogP contribution in [0.25, 0.3) is 34.4 Å². The average Bonchev–Trinajstić information content (AvgIpc) is 3.56. The minimum Gasteiger partial charge on any atom is -0.497 e. The van der Waals surface area contributed by atoms with Crippen LogP contribution >= 0.6 is 0 Å². The molecule has 0 fully saturated rings. The first kappa shape index (κ1) is 24.1. The van der Waals surface area contributed by atoms with Crippen molar-refractivity contribution < 1.29 is 14.2 Å². The van der Waals surface area contributed by atoms with Crippen LogP contribution in [0.5, 0.6) is 17.2 Å². The molecule has 190 valence electrons. The zero-order valence-electron chi connectivity index (χ0n) is 22.1. The molecule has 2 aliphatic rings. The smallest absolute Gasteiger partial charge is 0.118 e. The van der Waals surface area contributed by atoms with Crippen molar-refractivity contribution >= 4 is 23.3 Å². The summed E-state index contributed by atoms with van der Waals surface area (Å²) in [6, 6.07) is 25.0. The number of rotatable bonds is 6. The Morgan fingerprint density at radius 3 is 1.32 bits per heavy atom. The number of hydrogen-bond acceptors (Lipinski definition) is 4. The number of methoxy groups -OCH3 is 3. The molecular weight excluding hydrogens is 470 g/mol. The highest BCUT2D eigenvalue weighted by molar-refractivity contribution is 5.93. The average molecular weight is 502 g/mol. The van der Waals surface area contributed by atoms with Gasteiger partial charge in [-0.25, -0.2) is 4.98 Å². The van der Waals surface area contributed by atoms with Gasteiger partial charge in [0, 0.05) is 0 Å². The number of aromatic nitrogens is 1. The Kier molecular flexibility index (Phi) is 6.47. The predicted molar refractivity (Wildman–Crippen MR) is 155 cm³/mol. The fraction of sp³-hybridized carbons (Fsp3) is 0.206. The zero-order valence-corrected chi connectivity index (χ0v) is 22.1. The van der Waals surface area contributed by atoms with Crippen molar-refractivity contribution in [3.8, 4) is 28.4 Å². The Hall–Kier alpha value is -4.31. The molecule has 4 heteroatoms. The van der Waals surface area contributed by atoms with Gasteiger partial charge in [-0.2, -0.15) is 0 Å². The monoisotopic (exact) mass is 501 g/mol. The van der Waals surface area contributed by atoms with Crippen LogP contribution in [0.1, 0.15) is 46.5 Å². The molecule has 0 atom stereocenters. The van der Waals surface area contributed by atoms with E-state index in [0.29, 0.717) is 0 Å². The van der Waals surface area contributed by atoms with Gasteiger partial charge in [-0.05, 0) is 119 Å². The molecule has 4 nitrogen and oxygen atoms in total. The number of allylic oxidation sites excluding steroid dienone is 2. The highest BCUT2D eigenvalue weighted by Gasteiger charge is 2.30. The van der Waals surface area contributed by atoms with Gasteiger partial charge in [-0.15, -0.1) is 0 Å². The van der Waals surface area contributed by atoms with Gasteiger partial charge in [0.15, 0.2) is 0 Å². The first-order valence-corrected chi connectivity index (χ1v) is 13.1. The molecule has 0 saturated carbocycles. The Labute approximate surface area is 224 Å². The second kappa shape index (κ2) is 10.2. The highest BCUT2D eigenvalue weighted by Crippen LogP contribution is 2.46. The van der Waals surface area contributed by atoms with Gasteiger partial charge in [0.25, 0.3) is 0 Å². The van der Waals surface area contributed by atoms with E-state index < -0.39 is 0 Å². The quantitative estimate of drug-likeness (QED) is 0.271. The van der Waals surface area contributed by atoms with E-state index in [2.05, 4.69) is 60.7 Å². The molecule has 1 aromatic heterocycles. The van der Waals surface area contributed by atoms with Crippen LogP contribution in [0, 0.1) is 0 Å². The van der Waals surface area contributed by atoms with E-state index >= 15 is 0 Å². The molecule has 2 aliphatic carbocycles. The van der Waals surface area contributed by atoms with Crippen LogP contribution < -0.4 is 14.2 Å². The summed E-state index contributed by atoms with van der Waals surface area (Å²) in [5.41, 5.74) is 12.5. The SMILES string of the molecule is COc1ccc(/C=C2\CCc3c2nc2c(c3-c3ccc(OC)cc3)CC/C2=C\c2ccc(OC)cc2)cc1. The fourth-order valence-corrected chi connectivity index (χ4v) is 5.63. The third-order valence-corrected chi connectivity index (χ3v) is 7.59. The molecule has 0 bridgehead atoms. The lowest BCUT2D eigenvalue weighted by atomic mass is 9.93. The summed E-state index contributed by atoms with van der Waals surface area (Å²) in [7, 11) is 5.11. The Morgan fingerprint density at radius 2 is 0.921 bits per heavy atom. The van der Waals surface area contributed by atoms with Gasteiger partial charge >= 0.3 is 0 Å². The number of nitrogens with zero attached hydrogens (tertiary/aromatic N) is 1. The second-order valence-electron chi connectivity index (χ2n) is 9.76. The van der Waals surface area contributed by atoms with Gasteiger partial charge < -0.3 is 14.2 Å². The maximum absolute atomic E-state index is 5.44. The van der Waals surface area contributed by atoms with Gasteiger partial charge in [0.05, 0.1) is 32.7 Å². The van der Waals surface area contributed by atoms with E-state index in [1.807, 2.05) is 24.3 Å². The summed E-state index contributed by atoms with van der Waals surface area (Å²) in [6.07, 6.45) is 8.53. The molecular formula is C34H31NO3. The molecule has 6 rings (SSSR count). The molecule has 0 saturated heterocycles. The third-order valence-electron chi connectivity index (χ3n) is 7.59. The van der Waals surface area contributed by atoms with Gasteiger partial charge in [-0.3, -0.25) is 0 Å². The van der Waals surface area contributed by atoms with Gasteiger partial charge in [0.1, 0.15) is 17.2 Å². The van der Waals surface area contributed by atoms with Crippen molar-refractivity contribution in [2.45, 2.75) is 25.7 Å². The van der Waals surface area contributed by atoms with Crippen molar-refractivity contribution in [2.24, 2.45) is 0 Å². The molecule has 3 aromatic carbocycles. The summed E-state index contributed by atoms with van der Waals surface area (Å²) in [4.78, 5) is 5.37. The van der Waals surface area contributed by atoms with Crippen LogP contribution in [0.15, 0.2) is 72.8 Å². The zero-order chi connectivity index (χ0) is 26.1. The molecule has 4 aromatic rings. The Bertz CT molecular complexity index is 1440. The summed E-state index contributed by atoms with van der Waals surface area (Å²) in [5, 5.41) is 0. The summed E-state index contributed by atoms with van der Waals surface area (Å²) < 4.78 is 16.1. The molecule has 38 heavy (non-hydrogen) atoms. The van der Waals surface area contributed by atoms with Crippen LogP contribution in [0.3, 0.4) is 0 Å². The maximum atomic E-state index is 5.44. The number of ether oxygens (including phenoxy) is 3. The predicted octanol–water partition coefficient (Wildman–Crippen LogP) is 7.75. The van der Waals surface area contributed by atoms with E-state index in [0.717, 1.165) is 65.4 Å². The normalized spacial score (nSPS) is 16.0. The molecule has 0 radical (unpaired) electrons. The van der Waals surface area contributed by atoms with Gasteiger partial charge in [-0.1, -0.05) is 36.4 Å². The van der Waals surface area contributed by atoms with Crippen LogP contribution in [0.4, 0.5) is 0 Å². The summed E-state index contributed by atoms with van der Waals surface area (Å²) in [5.74, 6) is 2.60. The van der Waals surface area contributed by atoms with E-state index in [-0.39, 0.29) is 0 Å². The molecule has 0 amide bonds. The van der Waals surface area contributed by atoms with Crippen molar-refractivity contribution in [3.05, 3.63) is 106 Å².